The monoisotopic (exact) mass is 199 g/mol. The second-order valence-corrected chi connectivity index (χ2v) is 3.76. The lowest BCUT2D eigenvalue weighted by atomic mass is 10.1. The maximum Gasteiger partial charge on any atom is 0.106 e. The largest absolute Gasteiger partial charge is 0.367 e. The van der Waals surface area contributed by atoms with Gasteiger partial charge in [-0.25, -0.2) is 0 Å². The van der Waals surface area contributed by atoms with Gasteiger partial charge in [-0.15, -0.1) is 0 Å². The quantitative estimate of drug-likeness (QED) is 0.764. The van der Waals surface area contributed by atoms with Crippen LogP contribution in [0.4, 0.5) is 5.82 Å². The number of nitrogens with zero attached hydrogens (tertiary/aromatic N) is 1. The molecule has 0 atom stereocenters. The summed E-state index contributed by atoms with van der Waals surface area (Å²) in [5.41, 5.74) is 2.69. The molecule has 0 aliphatic carbocycles. The minimum Gasteiger partial charge on any atom is -0.367 e. The molecule has 2 aromatic heterocycles. The molecule has 2 N–H and O–H groups in total. The number of hydrogen-bond donors (Lipinski definition) is 2. The maximum atomic E-state index is 3.23. The van der Waals surface area contributed by atoms with Crippen molar-refractivity contribution >= 4 is 11.4 Å². The van der Waals surface area contributed by atoms with Crippen LogP contribution in [0.1, 0.15) is 5.56 Å². The Morgan fingerprint density at radius 3 is 2.93 bits per heavy atom. The molecule has 0 radical (unpaired) electrons. The molecule has 3 heteroatoms. The number of nitrogens with one attached hydrogen (secondary N) is 2. The molecule has 15 heavy (non-hydrogen) atoms. The van der Waals surface area contributed by atoms with Gasteiger partial charge in [0, 0.05) is 31.7 Å². The van der Waals surface area contributed by atoms with Crippen LogP contribution < -0.4 is 4.90 Å². The second-order valence-electron chi connectivity index (χ2n) is 3.76. The van der Waals surface area contributed by atoms with Gasteiger partial charge < -0.3 is 14.9 Å². The minimum atomic E-state index is 0.984. The van der Waals surface area contributed by atoms with Gasteiger partial charge in [0.15, 0.2) is 0 Å². The third-order valence-electron chi connectivity index (χ3n) is 2.81. The molecule has 0 unspecified atom stereocenters. The highest BCUT2D eigenvalue weighted by molar-refractivity contribution is 5.73. The fourth-order valence-electron chi connectivity index (χ4n) is 1.99. The highest BCUT2D eigenvalue weighted by Gasteiger charge is 2.16. The van der Waals surface area contributed by atoms with Gasteiger partial charge in [-0.05, 0) is 29.3 Å². The zero-order valence-electron chi connectivity index (χ0n) is 8.40. The fraction of sp³-hybridized carbons (Fsp3) is 0.167. The highest BCUT2D eigenvalue weighted by Crippen LogP contribution is 2.24. The summed E-state index contributed by atoms with van der Waals surface area (Å²) < 4.78 is 0. The summed E-state index contributed by atoms with van der Waals surface area (Å²) in [6.07, 6.45) is 8.26. The van der Waals surface area contributed by atoms with Crippen molar-refractivity contribution in [1.82, 2.24) is 9.97 Å². The molecular formula is C12H13N3. The van der Waals surface area contributed by atoms with Gasteiger partial charge in [0.05, 0.1) is 0 Å². The van der Waals surface area contributed by atoms with Crippen molar-refractivity contribution in [3.8, 4) is 0 Å². The molecule has 0 saturated carbocycles. The van der Waals surface area contributed by atoms with Crippen LogP contribution in [0.5, 0.6) is 0 Å². The molecule has 3 nitrogen and oxygen atoms in total. The Balaban J connectivity index is 1.78. The Hall–Kier alpha value is -1.90. The van der Waals surface area contributed by atoms with E-state index in [0.717, 1.165) is 13.1 Å². The van der Waals surface area contributed by atoms with E-state index in [4.69, 9.17) is 0 Å². The van der Waals surface area contributed by atoms with Crippen LogP contribution in [0.15, 0.2) is 42.9 Å². The third-order valence-corrected chi connectivity index (χ3v) is 2.81. The number of aromatic nitrogens is 2. The number of H-pyrrole nitrogens is 2. The molecule has 0 fully saturated rings. The first-order valence-corrected chi connectivity index (χ1v) is 5.14. The van der Waals surface area contributed by atoms with Crippen LogP contribution in [0, 0.1) is 0 Å². The van der Waals surface area contributed by atoms with Crippen LogP contribution in [0.25, 0.3) is 5.57 Å². The summed E-state index contributed by atoms with van der Waals surface area (Å²) in [5.74, 6) is 1.19. The van der Waals surface area contributed by atoms with Crippen molar-refractivity contribution in [2.24, 2.45) is 0 Å². The van der Waals surface area contributed by atoms with Crippen LogP contribution in [0.3, 0.4) is 0 Å². The average Bonchev–Trinajstić information content (AvgIpc) is 3.02. The van der Waals surface area contributed by atoms with Gasteiger partial charge in [-0.1, -0.05) is 6.08 Å². The van der Waals surface area contributed by atoms with Crippen LogP contribution in [-0.2, 0) is 0 Å². The van der Waals surface area contributed by atoms with E-state index in [2.05, 4.69) is 33.1 Å². The van der Waals surface area contributed by atoms with E-state index < -0.39 is 0 Å². The van der Waals surface area contributed by atoms with Gasteiger partial charge >= 0.3 is 0 Å². The molecule has 0 amide bonds. The highest BCUT2D eigenvalue weighted by atomic mass is 15.2. The Labute approximate surface area is 88.4 Å². The standard InChI is InChI=1S/C12H13N3/c1-2-12(14-5-1)15-7-4-11(9-15)10-3-6-13-8-10/h1-6,8,13-14H,7,9H2. The summed E-state index contributed by atoms with van der Waals surface area (Å²) in [6, 6.07) is 6.25. The Morgan fingerprint density at radius 1 is 1.20 bits per heavy atom. The lowest BCUT2D eigenvalue weighted by molar-refractivity contribution is 0.984. The van der Waals surface area contributed by atoms with E-state index in [1.54, 1.807) is 0 Å². The summed E-state index contributed by atoms with van der Waals surface area (Å²) in [4.78, 5) is 8.64. The topological polar surface area (TPSA) is 34.8 Å². The number of anilines is 1. The Bertz CT molecular complexity index is 451. The molecule has 2 aromatic rings. The molecule has 0 bridgehead atoms. The van der Waals surface area contributed by atoms with Crippen molar-refractivity contribution in [2.45, 2.75) is 0 Å². The Morgan fingerprint density at radius 2 is 2.20 bits per heavy atom. The lowest BCUT2D eigenvalue weighted by Crippen LogP contribution is -2.19. The molecule has 0 spiro atoms. The fourth-order valence-corrected chi connectivity index (χ4v) is 1.99. The van der Waals surface area contributed by atoms with Crippen molar-refractivity contribution in [2.75, 3.05) is 18.0 Å². The molecule has 3 heterocycles. The van der Waals surface area contributed by atoms with E-state index in [0.29, 0.717) is 0 Å². The van der Waals surface area contributed by atoms with Crippen molar-refractivity contribution in [3.63, 3.8) is 0 Å². The third kappa shape index (κ3) is 1.46. The smallest absolute Gasteiger partial charge is 0.106 e. The van der Waals surface area contributed by atoms with E-state index in [1.807, 2.05) is 24.7 Å². The first kappa shape index (κ1) is 8.41. The second kappa shape index (κ2) is 3.35. The first-order chi connectivity index (χ1) is 7.43. The molecule has 0 aromatic carbocycles. The summed E-state index contributed by atoms with van der Waals surface area (Å²) in [7, 11) is 0. The van der Waals surface area contributed by atoms with Crippen molar-refractivity contribution < 1.29 is 0 Å². The SMILES string of the molecule is C1=C(c2cc[nH]c2)CN(c2ccc[nH]2)C1. The van der Waals surface area contributed by atoms with E-state index in [9.17, 15) is 0 Å². The predicted octanol–water partition coefficient (Wildman–Crippen LogP) is 2.25. The molecule has 76 valence electrons. The normalized spacial score (nSPS) is 15.7. The maximum absolute atomic E-state index is 3.23. The van der Waals surface area contributed by atoms with Crippen LogP contribution in [-0.4, -0.2) is 23.1 Å². The van der Waals surface area contributed by atoms with E-state index >= 15 is 0 Å². The average molecular weight is 199 g/mol. The van der Waals surface area contributed by atoms with Crippen molar-refractivity contribution in [1.29, 1.82) is 0 Å². The van der Waals surface area contributed by atoms with Gasteiger partial charge in [0.25, 0.3) is 0 Å². The summed E-state index contributed by atoms with van der Waals surface area (Å²) >= 11 is 0. The van der Waals surface area contributed by atoms with E-state index in [-0.39, 0.29) is 0 Å². The molecule has 0 saturated heterocycles. The summed E-state index contributed by atoms with van der Waals surface area (Å²) in [6.45, 7) is 1.97. The summed E-state index contributed by atoms with van der Waals surface area (Å²) in [5, 5.41) is 0. The first-order valence-electron chi connectivity index (χ1n) is 5.14. The number of hydrogen-bond acceptors (Lipinski definition) is 1. The van der Waals surface area contributed by atoms with Crippen LogP contribution >= 0.6 is 0 Å². The van der Waals surface area contributed by atoms with Gasteiger partial charge in [0.2, 0.25) is 0 Å². The molecule has 1 aliphatic heterocycles. The van der Waals surface area contributed by atoms with Crippen molar-refractivity contribution in [3.05, 3.63) is 48.4 Å². The van der Waals surface area contributed by atoms with Gasteiger partial charge in [0.1, 0.15) is 5.82 Å². The molecular weight excluding hydrogens is 186 g/mol. The number of rotatable bonds is 2. The van der Waals surface area contributed by atoms with Gasteiger partial charge in [-0.2, -0.15) is 0 Å². The number of aromatic amines is 2. The zero-order valence-corrected chi connectivity index (χ0v) is 8.40. The zero-order chi connectivity index (χ0) is 10.1. The molecule has 1 aliphatic rings. The van der Waals surface area contributed by atoms with Crippen LogP contribution in [0.2, 0.25) is 0 Å². The molecule has 3 rings (SSSR count). The minimum absolute atomic E-state index is 0.984. The van der Waals surface area contributed by atoms with Gasteiger partial charge in [-0.3, -0.25) is 0 Å². The van der Waals surface area contributed by atoms with E-state index in [1.165, 1.54) is 17.0 Å². The predicted molar refractivity (Wildman–Crippen MR) is 61.8 cm³/mol. The Kier molecular flexibility index (Phi) is 1.88. The lowest BCUT2D eigenvalue weighted by Gasteiger charge is -2.15.